The predicted molar refractivity (Wildman–Crippen MR) is 52.3 cm³/mol. The molecule has 4 N–H and O–H groups in total. The van der Waals surface area contributed by atoms with Gasteiger partial charge in [-0.25, -0.2) is 0 Å². The zero-order valence-electron chi connectivity index (χ0n) is 6.34. The number of nitriles is 1. The quantitative estimate of drug-likeness (QED) is 0.715. The Kier molecular flexibility index (Phi) is 2.56. The first kappa shape index (κ1) is 8.88. The first-order valence-electron chi connectivity index (χ1n) is 3.35. The molecule has 0 radical (unpaired) electrons. The van der Waals surface area contributed by atoms with Crippen molar-refractivity contribution in [3.8, 4) is 6.07 Å². The normalized spacial score (nSPS) is 9.33. The monoisotopic (exact) mass is 225 g/mol. The summed E-state index contributed by atoms with van der Waals surface area (Å²) in [6.07, 6.45) is 0.255. The van der Waals surface area contributed by atoms with Gasteiger partial charge in [0.2, 0.25) is 0 Å². The van der Waals surface area contributed by atoms with E-state index in [0.717, 1.165) is 4.47 Å². The van der Waals surface area contributed by atoms with Crippen LogP contribution in [0.2, 0.25) is 0 Å². The lowest BCUT2D eigenvalue weighted by atomic mass is 10.1. The Labute approximate surface area is 79.1 Å². The molecule has 0 aliphatic heterocycles. The minimum atomic E-state index is 0.255. The predicted octanol–water partition coefficient (Wildman–Crippen LogP) is 1.68. The number of nitrogens with two attached hydrogens (primary N) is 2. The molecule has 0 spiro atoms. The van der Waals surface area contributed by atoms with Crippen molar-refractivity contribution < 1.29 is 0 Å². The fourth-order valence-electron chi connectivity index (χ4n) is 0.963. The molecule has 0 unspecified atom stereocenters. The molecule has 0 heterocycles. The van der Waals surface area contributed by atoms with Gasteiger partial charge in [0.15, 0.2) is 0 Å². The molecule has 0 aromatic heterocycles. The second kappa shape index (κ2) is 3.46. The van der Waals surface area contributed by atoms with Gasteiger partial charge < -0.3 is 11.5 Å². The first-order valence-corrected chi connectivity index (χ1v) is 4.14. The number of halogens is 1. The highest BCUT2D eigenvalue weighted by Crippen LogP contribution is 2.25. The highest BCUT2D eigenvalue weighted by atomic mass is 79.9. The molecule has 0 bridgehead atoms. The summed E-state index contributed by atoms with van der Waals surface area (Å²) in [7, 11) is 0. The average molecular weight is 226 g/mol. The van der Waals surface area contributed by atoms with Crippen molar-refractivity contribution >= 4 is 27.3 Å². The van der Waals surface area contributed by atoms with E-state index in [2.05, 4.69) is 15.9 Å². The van der Waals surface area contributed by atoms with E-state index in [9.17, 15) is 0 Å². The van der Waals surface area contributed by atoms with Crippen molar-refractivity contribution in [1.82, 2.24) is 0 Å². The fraction of sp³-hybridized carbons (Fsp3) is 0.125. The molecule has 0 saturated heterocycles. The minimum absolute atomic E-state index is 0.255. The maximum atomic E-state index is 8.47. The first-order chi connectivity index (χ1) is 5.65. The summed E-state index contributed by atoms with van der Waals surface area (Å²) in [6, 6.07) is 5.49. The molecule has 0 fully saturated rings. The van der Waals surface area contributed by atoms with Crippen LogP contribution in [0.3, 0.4) is 0 Å². The summed E-state index contributed by atoms with van der Waals surface area (Å²) in [5.74, 6) is 0. The van der Waals surface area contributed by atoms with Crippen LogP contribution in [0.25, 0.3) is 0 Å². The van der Waals surface area contributed by atoms with Gasteiger partial charge in [0, 0.05) is 21.4 Å². The van der Waals surface area contributed by atoms with E-state index in [4.69, 9.17) is 16.7 Å². The van der Waals surface area contributed by atoms with Crippen LogP contribution < -0.4 is 11.5 Å². The summed E-state index contributed by atoms with van der Waals surface area (Å²) in [5, 5.41) is 8.47. The molecule has 4 heteroatoms. The molecule has 1 aromatic carbocycles. The molecule has 0 saturated carbocycles. The lowest BCUT2D eigenvalue weighted by Crippen LogP contribution is -1.99. The Balaban J connectivity index is 3.21. The van der Waals surface area contributed by atoms with Crippen LogP contribution in [0, 0.1) is 11.3 Å². The van der Waals surface area contributed by atoms with Crippen molar-refractivity contribution in [2.45, 2.75) is 6.42 Å². The van der Waals surface area contributed by atoms with Gasteiger partial charge in [-0.1, -0.05) is 15.9 Å². The molecule has 1 rings (SSSR count). The lowest BCUT2D eigenvalue weighted by molar-refractivity contribution is 1.27. The van der Waals surface area contributed by atoms with Crippen molar-refractivity contribution in [3.63, 3.8) is 0 Å². The topological polar surface area (TPSA) is 75.8 Å². The summed E-state index contributed by atoms with van der Waals surface area (Å²) < 4.78 is 0.833. The highest BCUT2D eigenvalue weighted by molar-refractivity contribution is 9.10. The molecule has 1 aromatic rings. The number of rotatable bonds is 1. The van der Waals surface area contributed by atoms with Crippen LogP contribution in [0.1, 0.15) is 5.56 Å². The number of nitrogen functional groups attached to an aromatic ring is 2. The van der Waals surface area contributed by atoms with Gasteiger partial charge in [-0.2, -0.15) is 5.26 Å². The van der Waals surface area contributed by atoms with Crippen molar-refractivity contribution in [1.29, 1.82) is 5.26 Å². The van der Waals surface area contributed by atoms with E-state index in [1.807, 2.05) is 6.07 Å². The SMILES string of the molecule is N#CCc1c(N)cc(Br)cc1N. The smallest absolute Gasteiger partial charge is 0.0671 e. The average Bonchev–Trinajstić information content (AvgIpc) is 1.96. The van der Waals surface area contributed by atoms with Gasteiger partial charge in [-0.05, 0) is 12.1 Å². The summed E-state index contributed by atoms with van der Waals surface area (Å²) in [6.45, 7) is 0. The number of nitrogens with zero attached hydrogens (tertiary/aromatic N) is 1. The minimum Gasteiger partial charge on any atom is -0.398 e. The van der Waals surface area contributed by atoms with E-state index < -0.39 is 0 Å². The second-order valence-corrected chi connectivity index (χ2v) is 3.31. The third-order valence-electron chi connectivity index (χ3n) is 1.54. The zero-order chi connectivity index (χ0) is 9.14. The highest BCUT2D eigenvalue weighted by Gasteiger charge is 2.04. The van der Waals surface area contributed by atoms with E-state index in [-0.39, 0.29) is 6.42 Å². The van der Waals surface area contributed by atoms with Crippen molar-refractivity contribution in [3.05, 3.63) is 22.2 Å². The summed E-state index contributed by atoms with van der Waals surface area (Å²) in [5.41, 5.74) is 13.1. The number of benzene rings is 1. The van der Waals surface area contributed by atoms with Gasteiger partial charge in [0.1, 0.15) is 0 Å². The third-order valence-corrected chi connectivity index (χ3v) is 2.00. The van der Waals surface area contributed by atoms with E-state index >= 15 is 0 Å². The number of anilines is 2. The van der Waals surface area contributed by atoms with Crippen LogP contribution in [-0.4, -0.2) is 0 Å². The molecule has 3 nitrogen and oxygen atoms in total. The molecule has 12 heavy (non-hydrogen) atoms. The standard InChI is InChI=1S/C8H8BrN3/c9-5-3-7(11)6(1-2-10)8(12)4-5/h3-4H,1,11-12H2. The largest absolute Gasteiger partial charge is 0.398 e. The Morgan fingerprint density at radius 2 is 1.83 bits per heavy atom. The van der Waals surface area contributed by atoms with E-state index in [1.54, 1.807) is 12.1 Å². The van der Waals surface area contributed by atoms with Crippen LogP contribution in [-0.2, 0) is 6.42 Å². The molecule has 0 atom stereocenters. The molecule has 0 aliphatic rings. The van der Waals surface area contributed by atoms with E-state index in [0.29, 0.717) is 16.9 Å². The van der Waals surface area contributed by atoms with Crippen molar-refractivity contribution in [2.75, 3.05) is 11.5 Å². The van der Waals surface area contributed by atoms with Gasteiger partial charge >= 0.3 is 0 Å². The van der Waals surface area contributed by atoms with Gasteiger partial charge in [0.25, 0.3) is 0 Å². The van der Waals surface area contributed by atoms with Crippen LogP contribution in [0.15, 0.2) is 16.6 Å². The van der Waals surface area contributed by atoms with Crippen LogP contribution >= 0.6 is 15.9 Å². The zero-order valence-corrected chi connectivity index (χ0v) is 7.93. The van der Waals surface area contributed by atoms with Crippen LogP contribution in [0.5, 0.6) is 0 Å². The number of hydrogen-bond donors (Lipinski definition) is 2. The maximum Gasteiger partial charge on any atom is 0.0671 e. The van der Waals surface area contributed by atoms with Crippen LogP contribution in [0.4, 0.5) is 11.4 Å². The Hall–Kier alpha value is -1.21. The maximum absolute atomic E-state index is 8.47. The Morgan fingerprint density at radius 1 is 1.33 bits per heavy atom. The van der Waals surface area contributed by atoms with Gasteiger partial charge in [-0.15, -0.1) is 0 Å². The lowest BCUT2D eigenvalue weighted by Gasteiger charge is -2.05. The Bertz CT molecular complexity index is 318. The Morgan fingerprint density at radius 3 is 2.25 bits per heavy atom. The second-order valence-electron chi connectivity index (χ2n) is 2.40. The third kappa shape index (κ3) is 1.69. The molecule has 0 aliphatic carbocycles. The van der Waals surface area contributed by atoms with Crippen molar-refractivity contribution in [2.24, 2.45) is 0 Å². The van der Waals surface area contributed by atoms with E-state index in [1.165, 1.54) is 0 Å². The molecular weight excluding hydrogens is 218 g/mol. The summed E-state index contributed by atoms with van der Waals surface area (Å²) in [4.78, 5) is 0. The molecule has 62 valence electrons. The summed E-state index contributed by atoms with van der Waals surface area (Å²) >= 11 is 3.26. The number of hydrogen-bond acceptors (Lipinski definition) is 3. The molecular formula is C8H8BrN3. The van der Waals surface area contributed by atoms with Gasteiger partial charge in [-0.3, -0.25) is 0 Å². The fourth-order valence-corrected chi connectivity index (χ4v) is 1.46. The van der Waals surface area contributed by atoms with Gasteiger partial charge in [0.05, 0.1) is 12.5 Å². The molecule has 0 amide bonds.